The molecule has 34 heavy (non-hydrogen) atoms. The number of aryl methyl sites for hydroxylation is 1. The maximum absolute atomic E-state index is 13.0. The fraction of sp³-hybridized carbons (Fsp3) is 0.400. The van der Waals surface area contributed by atoms with Crippen LogP contribution in [-0.2, 0) is 20.1 Å². The summed E-state index contributed by atoms with van der Waals surface area (Å²) in [5.41, 5.74) is 2.33. The predicted molar refractivity (Wildman–Crippen MR) is 130 cm³/mol. The predicted octanol–water partition coefficient (Wildman–Crippen LogP) is 3.57. The van der Waals surface area contributed by atoms with Crippen molar-refractivity contribution in [1.29, 1.82) is 0 Å². The number of fused-ring (bicyclic) bond motifs is 1. The number of imidazole rings is 1. The third kappa shape index (κ3) is 4.70. The van der Waals surface area contributed by atoms with Crippen molar-refractivity contribution in [1.82, 2.24) is 19.1 Å². The van der Waals surface area contributed by atoms with Crippen LogP contribution < -0.4 is 16.3 Å². The van der Waals surface area contributed by atoms with Gasteiger partial charge < -0.3 is 20.2 Å². The molecule has 0 aromatic carbocycles. The average Bonchev–Trinajstić information content (AvgIpc) is 3.47. The van der Waals surface area contributed by atoms with Crippen molar-refractivity contribution in [2.24, 2.45) is 18.9 Å². The molecule has 9 nitrogen and oxygen atoms in total. The van der Waals surface area contributed by atoms with Gasteiger partial charge in [0, 0.05) is 37.6 Å². The molecule has 0 radical (unpaired) electrons. The van der Waals surface area contributed by atoms with E-state index in [2.05, 4.69) is 15.6 Å². The first-order chi connectivity index (χ1) is 16.6. The van der Waals surface area contributed by atoms with Crippen LogP contribution >= 0.6 is 0 Å². The van der Waals surface area contributed by atoms with Crippen LogP contribution in [0.3, 0.4) is 0 Å². The second-order valence-corrected chi connectivity index (χ2v) is 9.03. The third-order valence-corrected chi connectivity index (χ3v) is 6.79. The molecule has 1 aliphatic rings. The van der Waals surface area contributed by atoms with Crippen LogP contribution in [0, 0.1) is 11.8 Å². The Hall–Kier alpha value is -3.59. The van der Waals surface area contributed by atoms with Crippen LogP contribution in [0.4, 0.5) is 11.5 Å². The van der Waals surface area contributed by atoms with Crippen LogP contribution in [-0.4, -0.2) is 30.4 Å². The summed E-state index contributed by atoms with van der Waals surface area (Å²) < 4.78 is 8.83. The highest BCUT2D eigenvalue weighted by atomic mass is 16.3. The fourth-order valence-electron chi connectivity index (χ4n) is 4.81. The van der Waals surface area contributed by atoms with Gasteiger partial charge in [0.2, 0.25) is 0 Å². The molecule has 1 atom stereocenters. The molecular weight excluding hydrogens is 432 g/mol. The molecule has 0 saturated heterocycles. The Kier molecular flexibility index (Phi) is 6.35. The van der Waals surface area contributed by atoms with Crippen molar-refractivity contribution >= 4 is 22.7 Å². The molecule has 4 aromatic rings. The highest BCUT2D eigenvalue weighted by Crippen LogP contribution is 2.32. The van der Waals surface area contributed by atoms with Gasteiger partial charge in [0.25, 0.3) is 0 Å². The molecule has 1 unspecified atom stereocenters. The summed E-state index contributed by atoms with van der Waals surface area (Å²) >= 11 is 0. The Balaban J connectivity index is 1.25. The zero-order valence-corrected chi connectivity index (χ0v) is 19.2. The molecule has 1 aliphatic carbocycles. The Morgan fingerprint density at radius 2 is 1.94 bits per heavy atom. The minimum Gasteiger partial charge on any atom is -0.467 e. The van der Waals surface area contributed by atoms with Crippen molar-refractivity contribution < 1.29 is 9.52 Å². The van der Waals surface area contributed by atoms with E-state index in [1.54, 1.807) is 34.8 Å². The molecule has 5 rings (SSSR count). The normalized spacial score (nSPS) is 19.2. The van der Waals surface area contributed by atoms with E-state index in [4.69, 9.17) is 9.40 Å². The van der Waals surface area contributed by atoms with Crippen molar-refractivity contribution in [2.45, 2.75) is 45.0 Å². The maximum Gasteiger partial charge on any atom is 0.330 e. The highest BCUT2D eigenvalue weighted by Gasteiger charge is 2.28. The molecule has 1 fully saturated rings. The number of anilines is 2. The second-order valence-electron chi connectivity index (χ2n) is 9.03. The van der Waals surface area contributed by atoms with Crippen molar-refractivity contribution in [2.75, 3.05) is 10.6 Å². The maximum atomic E-state index is 13.0. The van der Waals surface area contributed by atoms with E-state index >= 15 is 0 Å². The summed E-state index contributed by atoms with van der Waals surface area (Å²) in [6.45, 7) is 1.16. The summed E-state index contributed by atoms with van der Waals surface area (Å²) in [5.74, 6) is 2.08. The molecule has 178 valence electrons. The molecule has 0 spiro atoms. The number of furan rings is 1. The van der Waals surface area contributed by atoms with Crippen LogP contribution in [0.5, 0.6) is 0 Å². The minimum atomic E-state index is -0.590. The first-order valence-electron chi connectivity index (χ1n) is 11.8. The van der Waals surface area contributed by atoms with Gasteiger partial charge in [-0.05, 0) is 68.0 Å². The number of aliphatic hydroxyl groups is 1. The molecule has 1 saturated carbocycles. The van der Waals surface area contributed by atoms with Gasteiger partial charge in [0.1, 0.15) is 17.8 Å². The second kappa shape index (κ2) is 9.72. The standard InChI is InChI=1S/C25H30N6O3/c1-30-21-8-9-22(27-15-20-3-2-14-34-20)29-23(21)31(25(30)33)16-17-4-6-18(7-5-17)24(32)28-19-10-12-26-13-11-19/h2-3,8-14,17-18,24,32H,4-7,15-16H2,1H3,(H,26,28)(H,27,29). The molecule has 4 aromatic heterocycles. The fourth-order valence-corrected chi connectivity index (χ4v) is 4.81. The van der Waals surface area contributed by atoms with Crippen LogP contribution in [0.15, 0.2) is 64.3 Å². The number of hydrogen-bond acceptors (Lipinski definition) is 7. The lowest BCUT2D eigenvalue weighted by molar-refractivity contribution is 0.0925. The zero-order chi connectivity index (χ0) is 23.5. The largest absolute Gasteiger partial charge is 0.467 e. The summed E-state index contributed by atoms with van der Waals surface area (Å²) in [5, 5.41) is 17.1. The van der Waals surface area contributed by atoms with Gasteiger partial charge in [0.05, 0.1) is 18.3 Å². The first-order valence-corrected chi connectivity index (χ1v) is 11.8. The van der Waals surface area contributed by atoms with Gasteiger partial charge in [-0.1, -0.05) is 0 Å². The lowest BCUT2D eigenvalue weighted by Gasteiger charge is -2.32. The Morgan fingerprint density at radius 1 is 1.15 bits per heavy atom. The molecule has 0 aliphatic heterocycles. The van der Waals surface area contributed by atoms with E-state index in [0.717, 1.165) is 42.6 Å². The number of nitrogens with zero attached hydrogens (tertiary/aromatic N) is 4. The van der Waals surface area contributed by atoms with E-state index < -0.39 is 6.23 Å². The van der Waals surface area contributed by atoms with Gasteiger partial charge in [-0.15, -0.1) is 0 Å². The lowest BCUT2D eigenvalue weighted by Crippen LogP contribution is -2.33. The van der Waals surface area contributed by atoms with E-state index in [-0.39, 0.29) is 11.6 Å². The van der Waals surface area contributed by atoms with Crippen molar-refractivity contribution in [3.8, 4) is 0 Å². The van der Waals surface area contributed by atoms with Crippen molar-refractivity contribution in [3.63, 3.8) is 0 Å². The lowest BCUT2D eigenvalue weighted by atomic mass is 9.81. The molecule has 0 bridgehead atoms. The topological polar surface area (TPSA) is 110 Å². The minimum absolute atomic E-state index is 0.0489. The molecule has 4 heterocycles. The first kappa shape index (κ1) is 22.2. The van der Waals surface area contributed by atoms with Crippen LogP contribution in [0.1, 0.15) is 31.4 Å². The summed E-state index contributed by atoms with van der Waals surface area (Å²) in [4.78, 5) is 21.7. The summed E-state index contributed by atoms with van der Waals surface area (Å²) in [7, 11) is 1.79. The number of aliphatic hydroxyl groups excluding tert-OH is 1. The Morgan fingerprint density at radius 3 is 2.68 bits per heavy atom. The molecule has 9 heteroatoms. The molecule has 0 amide bonds. The van der Waals surface area contributed by atoms with Gasteiger partial charge in [-0.25, -0.2) is 9.78 Å². The SMILES string of the molecule is Cn1c(=O)n(CC2CCC(C(O)Nc3ccncc3)CC2)c2nc(NCc3ccco3)ccc21. The van der Waals surface area contributed by atoms with Crippen molar-refractivity contribution in [3.05, 3.63) is 71.3 Å². The Labute approximate surface area is 197 Å². The number of hydrogen-bond donors (Lipinski definition) is 3. The number of rotatable bonds is 8. The monoisotopic (exact) mass is 462 g/mol. The third-order valence-electron chi connectivity index (χ3n) is 6.79. The number of pyridine rings is 2. The number of aromatic nitrogens is 4. The quantitative estimate of drug-likeness (QED) is 0.343. The highest BCUT2D eigenvalue weighted by molar-refractivity contribution is 5.74. The molecule has 3 N–H and O–H groups in total. The van der Waals surface area contributed by atoms with Gasteiger partial charge in [-0.2, -0.15) is 0 Å². The number of nitrogens with one attached hydrogen (secondary N) is 2. The molecular formula is C25H30N6O3. The Bertz CT molecular complexity index is 1270. The van der Waals surface area contributed by atoms with E-state index in [1.807, 2.05) is 36.4 Å². The zero-order valence-electron chi connectivity index (χ0n) is 19.2. The summed E-state index contributed by atoms with van der Waals surface area (Å²) in [6.07, 6.45) is 8.20. The smallest absolute Gasteiger partial charge is 0.330 e. The van der Waals surface area contributed by atoms with Gasteiger partial charge >= 0.3 is 5.69 Å². The van der Waals surface area contributed by atoms with Gasteiger partial charge in [0.15, 0.2) is 5.65 Å². The van der Waals surface area contributed by atoms with E-state index in [1.165, 1.54) is 0 Å². The van der Waals surface area contributed by atoms with Crippen LogP contribution in [0.2, 0.25) is 0 Å². The van der Waals surface area contributed by atoms with E-state index in [0.29, 0.717) is 30.5 Å². The van der Waals surface area contributed by atoms with E-state index in [9.17, 15) is 9.90 Å². The van der Waals surface area contributed by atoms with Gasteiger partial charge in [-0.3, -0.25) is 14.1 Å². The van der Waals surface area contributed by atoms with Crippen LogP contribution in [0.25, 0.3) is 11.2 Å². The summed E-state index contributed by atoms with van der Waals surface area (Å²) in [6, 6.07) is 11.3. The average molecular weight is 463 g/mol.